The molecule has 2 rings (SSSR count). The minimum absolute atomic E-state index is 0.324. The molecule has 0 unspecified atom stereocenters. The highest BCUT2D eigenvalue weighted by Gasteiger charge is 2.07. The zero-order valence-corrected chi connectivity index (χ0v) is 13.6. The third kappa shape index (κ3) is 3.64. The maximum atomic E-state index is 13.0. The van der Waals surface area contributed by atoms with Gasteiger partial charge in [-0.2, -0.15) is 0 Å². The first kappa shape index (κ1) is 15.1. The molecule has 2 aromatic rings. The molecule has 0 aliphatic heterocycles. The van der Waals surface area contributed by atoms with Crippen molar-refractivity contribution in [2.45, 2.75) is 6.54 Å². The van der Waals surface area contributed by atoms with Gasteiger partial charge in [0.1, 0.15) is 5.82 Å². The van der Waals surface area contributed by atoms with E-state index in [0.717, 1.165) is 21.4 Å². The van der Waals surface area contributed by atoms with E-state index in [9.17, 15) is 4.39 Å². The van der Waals surface area contributed by atoms with E-state index in [1.807, 2.05) is 37.2 Å². The van der Waals surface area contributed by atoms with Crippen LogP contribution in [0.5, 0.6) is 0 Å². The van der Waals surface area contributed by atoms with Crippen LogP contribution in [-0.4, -0.2) is 14.1 Å². The molecule has 5 heteroatoms. The van der Waals surface area contributed by atoms with Crippen LogP contribution in [-0.2, 0) is 6.54 Å². The maximum absolute atomic E-state index is 13.0. The van der Waals surface area contributed by atoms with Crippen molar-refractivity contribution in [1.29, 1.82) is 0 Å². The number of hydrogen-bond acceptors (Lipinski definition) is 2. The van der Waals surface area contributed by atoms with Crippen LogP contribution in [0.1, 0.15) is 5.56 Å². The molecule has 0 heterocycles. The highest BCUT2D eigenvalue weighted by atomic mass is 79.9. The third-order valence-electron chi connectivity index (χ3n) is 2.92. The molecule has 0 aromatic heterocycles. The molecule has 0 bridgehead atoms. The predicted octanol–water partition coefficient (Wildman–Crippen LogP) is 4.92. The second-order valence-electron chi connectivity index (χ2n) is 4.65. The summed E-state index contributed by atoms with van der Waals surface area (Å²) in [6.07, 6.45) is 0. The summed E-state index contributed by atoms with van der Waals surface area (Å²) in [6, 6.07) is 10.5. The smallest absolute Gasteiger partial charge is 0.124 e. The Hall–Kier alpha value is -1.26. The van der Waals surface area contributed by atoms with E-state index < -0.39 is 0 Å². The van der Waals surface area contributed by atoms with Crippen LogP contribution in [0.2, 0.25) is 5.02 Å². The summed E-state index contributed by atoms with van der Waals surface area (Å²) in [6.45, 7) is 0.538. The topological polar surface area (TPSA) is 15.3 Å². The van der Waals surface area contributed by atoms with E-state index >= 15 is 0 Å². The van der Waals surface area contributed by atoms with Crippen molar-refractivity contribution >= 4 is 38.9 Å². The van der Waals surface area contributed by atoms with Gasteiger partial charge in [0, 0.05) is 30.1 Å². The molecule has 0 aliphatic rings. The molecule has 20 heavy (non-hydrogen) atoms. The lowest BCUT2D eigenvalue weighted by Gasteiger charge is -2.19. The number of benzene rings is 2. The number of halogens is 3. The first-order chi connectivity index (χ1) is 9.47. The van der Waals surface area contributed by atoms with E-state index in [4.69, 9.17) is 11.6 Å². The van der Waals surface area contributed by atoms with Crippen molar-refractivity contribution in [3.63, 3.8) is 0 Å². The number of nitrogens with one attached hydrogen (secondary N) is 1. The summed E-state index contributed by atoms with van der Waals surface area (Å²) in [5, 5.41) is 3.76. The highest BCUT2D eigenvalue weighted by Crippen LogP contribution is 2.29. The van der Waals surface area contributed by atoms with Gasteiger partial charge in [-0.1, -0.05) is 33.6 Å². The summed E-state index contributed by atoms with van der Waals surface area (Å²) in [4.78, 5) is 2.03. The highest BCUT2D eigenvalue weighted by molar-refractivity contribution is 9.10. The molecule has 106 valence electrons. The lowest BCUT2D eigenvalue weighted by atomic mass is 10.2. The second-order valence-corrected chi connectivity index (χ2v) is 5.97. The Morgan fingerprint density at radius 3 is 2.60 bits per heavy atom. The van der Waals surface area contributed by atoms with Crippen LogP contribution < -0.4 is 10.2 Å². The quantitative estimate of drug-likeness (QED) is 0.835. The van der Waals surface area contributed by atoms with Gasteiger partial charge in [0.2, 0.25) is 0 Å². The summed E-state index contributed by atoms with van der Waals surface area (Å²) in [7, 11) is 3.97. The second kappa shape index (κ2) is 6.46. The Bertz CT molecular complexity index is 617. The molecule has 0 radical (unpaired) electrons. The van der Waals surface area contributed by atoms with Gasteiger partial charge in [-0.05, 0) is 35.9 Å². The molecule has 2 aromatic carbocycles. The molecule has 0 fully saturated rings. The summed E-state index contributed by atoms with van der Waals surface area (Å²) >= 11 is 9.49. The zero-order valence-electron chi connectivity index (χ0n) is 11.3. The van der Waals surface area contributed by atoms with Gasteiger partial charge in [0.15, 0.2) is 0 Å². The monoisotopic (exact) mass is 356 g/mol. The maximum Gasteiger partial charge on any atom is 0.124 e. The minimum Gasteiger partial charge on any atom is -0.379 e. The Morgan fingerprint density at radius 2 is 1.95 bits per heavy atom. The summed E-state index contributed by atoms with van der Waals surface area (Å²) < 4.78 is 14.0. The summed E-state index contributed by atoms with van der Waals surface area (Å²) in [5.74, 6) is -0.324. The average Bonchev–Trinajstić information content (AvgIpc) is 2.37. The van der Waals surface area contributed by atoms with Gasteiger partial charge < -0.3 is 10.2 Å². The van der Waals surface area contributed by atoms with Gasteiger partial charge in [0.25, 0.3) is 0 Å². The van der Waals surface area contributed by atoms with E-state index in [1.165, 1.54) is 12.1 Å². The van der Waals surface area contributed by atoms with E-state index in [2.05, 4.69) is 21.2 Å². The SMILES string of the molecule is CN(C)c1ccc(Br)cc1NCc1ccc(F)cc1Cl. The van der Waals surface area contributed by atoms with Crippen molar-refractivity contribution in [3.8, 4) is 0 Å². The fourth-order valence-electron chi connectivity index (χ4n) is 1.90. The fourth-order valence-corrected chi connectivity index (χ4v) is 2.49. The van der Waals surface area contributed by atoms with Gasteiger partial charge >= 0.3 is 0 Å². The number of rotatable bonds is 4. The largest absolute Gasteiger partial charge is 0.379 e. The molecule has 0 amide bonds. The Balaban J connectivity index is 2.20. The predicted molar refractivity (Wildman–Crippen MR) is 87.2 cm³/mol. The fraction of sp³-hybridized carbons (Fsp3) is 0.200. The Morgan fingerprint density at radius 1 is 1.20 bits per heavy atom. The van der Waals surface area contributed by atoms with Crippen LogP contribution in [0, 0.1) is 5.82 Å². The van der Waals surface area contributed by atoms with Gasteiger partial charge in [-0.3, -0.25) is 0 Å². The number of nitrogens with zero attached hydrogens (tertiary/aromatic N) is 1. The molecule has 0 saturated heterocycles. The Labute approximate surface area is 131 Å². The van der Waals surface area contributed by atoms with Crippen molar-refractivity contribution in [3.05, 3.63) is 57.3 Å². The summed E-state index contributed by atoms with van der Waals surface area (Å²) in [5.41, 5.74) is 2.92. The van der Waals surface area contributed by atoms with E-state index in [1.54, 1.807) is 6.07 Å². The van der Waals surface area contributed by atoms with Crippen LogP contribution in [0.15, 0.2) is 40.9 Å². The van der Waals surface area contributed by atoms with Crippen molar-refractivity contribution in [2.24, 2.45) is 0 Å². The lowest BCUT2D eigenvalue weighted by Crippen LogP contribution is -2.12. The molecular formula is C15H15BrClFN2. The van der Waals surface area contributed by atoms with Crippen LogP contribution in [0.4, 0.5) is 15.8 Å². The van der Waals surface area contributed by atoms with Gasteiger partial charge in [-0.25, -0.2) is 4.39 Å². The van der Waals surface area contributed by atoms with Crippen molar-refractivity contribution in [1.82, 2.24) is 0 Å². The Kier molecular flexibility index (Phi) is 4.89. The minimum atomic E-state index is -0.324. The van der Waals surface area contributed by atoms with Crippen LogP contribution in [0.25, 0.3) is 0 Å². The van der Waals surface area contributed by atoms with Crippen molar-refractivity contribution in [2.75, 3.05) is 24.3 Å². The molecule has 0 atom stereocenters. The third-order valence-corrected chi connectivity index (χ3v) is 3.77. The molecule has 1 N–H and O–H groups in total. The van der Waals surface area contributed by atoms with E-state index in [0.29, 0.717) is 11.6 Å². The van der Waals surface area contributed by atoms with E-state index in [-0.39, 0.29) is 5.82 Å². The lowest BCUT2D eigenvalue weighted by molar-refractivity contribution is 0.627. The first-order valence-corrected chi connectivity index (χ1v) is 7.29. The van der Waals surface area contributed by atoms with Crippen molar-refractivity contribution < 1.29 is 4.39 Å². The van der Waals surface area contributed by atoms with Crippen LogP contribution >= 0.6 is 27.5 Å². The number of anilines is 2. The standard InChI is InChI=1S/C15H15BrClFN2/c1-20(2)15-6-4-11(16)7-14(15)19-9-10-3-5-12(18)8-13(10)17/h3-8,19H,9H2,1-2H3. The molecular weight excluding hydrogens is 343 g/mol. The van der Waals surface area contributed by atoms with Crippen LogP contribution in [0.3, 0.4) is 0 Å². The molecule has 2 nitrogen and oxygen atoms in total. The molecule has 0 aliphatic carbocycles. The molecule has 0 spiro atoms. The van der Waals surface area contributed by atoms with Gasteiger partial charge in [-0.15, -0.1) is 0 Å². The molecule has 0 saturated carbocycles. The first-order valence-electron chi connectivity index (χ1n) is 6.12. The number of hydrogen-bond donors (Lipinski definition) is 1. The zero-order chi connectivity index (χ0) is 14.7. The van der Waals surface area contributed by atoms with Gasteiger partial charge in [0.05, 0.1) is 11.4 Å². The average molecular weight is 358 g/mol. The normalized spacial score (nSPS) is 10.4.